The van der Waals surface area contributed by atoms with Crippen LogP contribution in [0, 0.1) is 23.7 Å². The second-order valence-corrected chi connectivity index (χ2v) is 20.9. The van der Waals surface area contributed by atoms with Crippen molar-refractivity contribution in [3.05, 3.63) is 258 Å². The maximum atomic E-state index is 2.65. The molecule has 0 radical (unpaired) electrons. The lowest BCUT2D eigenvalue weighted by Crippen LogP contribution is -2.39. The van der Waals surface area contributed by atoms with Gasteiger partial charge in [-0.2, -0.15) is 0 Å². The quantitative estimate of drug-likeness (QED) is 0.161. The number of nitrogens with zero attached hydrogens (tertiary/aromatic N) is 1. The smallest absolute Gasteiger partial charge is 0.0719 e. The lowest BCUT2D eigenvalue weighted by molar-refractivity contribution is 0.0958. The average molecular weight is 886 g/mol. The van der Waals surface area contributed by atoms with Crippen LogP contribution in [0.1, 0.15) is 78.3 Å². The van der Waals surface area contributed by atoms with E-state index >= 15 is 0 Å². The van der Waals surface area contributed by atoms with Crippen molar-refractivity contribution < 1.29 is 0 Å². The number of hydrogen-bond donors (Lipinski definition) is 0. The van der Waals surface area contributed by atoms with Crippen LogP contribution < -0.4 is 4.90 Å². The molecule has 1 heteroatoms. The summed E-state index contributed by atoms with van der Waals surface area (Å²) in [6.45, 7) is 2.51. The molecule has 0 saturated heterocycles. The summed E-state index contributed by atoms with van der Waals surface area (Å²) in [6.07, 6.45) is 6.81. The van der Waals surface area contributed by atoms with Crippen molar-refractivity contribution >= 4 is 38.6 Å². The molecule has 10 aromatic carbocycles. The molecule has 0 amide bonds. The summed E-state index contributed by atoms with van der Waals surface area (Å²) in [5.41, 5.74) is 19.6. The summed E-state index contributed by atoms with van der Waals surface area (Å²) in [4.78, 5) is 2.47. The van der Waals surface area contributed by atoms with Gasteiger partial charge in [0.15, 0.2) is 0 Å². The van der Waals surface area contributed by atoms with Gasteiger partial charge in [-0.3, -0.25) is 0 Å². The molecule has 1 nitrogen and oxygen atoms in total. The van der Waals surface area contributed by atoms with Crippen molar-refractivity contribution in [1.82, 2.24) is 0 Å². The number of rotatable bonds is 6. The minimum absolute atomic E-state index is 0.330. The molecule has 0 aliphatic heterocycles. The Hall–Kier alpha value is -7.48. The summed E-state index contributed by atoms with van der Waals surface area (Å²) in [5, 5.41) is 4.99. The van der Waals surface area contributed by atoms with Crippen molar-refractivity contribution in [2.45, 2.75) is 50.4 Å². The first-order chi connectivity index (χ1) is 34.1. The van der Waals surface area contributed by atoms with Crippen LogP contribution >= 0.6 is 0 Å². The van der Waals surface area contributed by atoms with Crippen LogP contribution in [-0.2, 0) is 5.41 Å². The third kappa shape index (κ3) is 6.36. The summed E-state index contributed by atoms with van der Waals surface area (Å²) in [5.74, 6) is 3.41. The molecule has 0 heterocycles. The Kier molecular flexibility index (Phi) is 9.45. The van der Waals surface area contributed by atoms with E-state index in [2.05, 4.69) is 236 Å². The Bertz CT molecular complexity index is 3540. The minimum Gasteiger partial charge on any atom is -0.310 e. The van der Waals surface area contributed by atoms with Gasteiger partial charge < -0.3 is 4.90 Å². The molecule has 2 bridgehead atoms. The SMILES string of the molecule is CC1C[C@@H]2CC(C3c4ccccc4C4(c5ccccc5-c5ccccc54)c4ccc(-c5cccc(N(c6ccc(-c7cccc8ccccc78)cc6)c6cccc7ccccc67)c5)cc43)C[C@H](C1)C2. The minimum atomic E-state index is -0.390. The van der Waals surface area contributed by atoms with Crippen LogP contribution in [0.25, 0.3) is 54.9 Å². The highest BCUT2D eigenvalue weighted by molar-refractivity contribution is 6.00. The molecule has 5 atom stereocenters. The highest BCUT2D eigenvalue weighted by atomic mass is 15.1. The van der Waals surface area contributed by atoms with Crippen LogP contribution in [-0.4, -0.2) is 0 Å². The largest absolute Gasteiger partial charge is 0.310 e. The topological polar surface area (TPSA) is 3.24 Å². The van der Waals surface area contributed by atoms with Crippen LogP contribution in [0.3, 0.4) is 0 Å². The second-order valence-electron chi connectivity index (χ2n) is 20.9. The number of fused-ring (bicyclic) bond motifs is 13. The molecule has 4 aliphatic carbocycles. The molecule has 2 fully saturated rings. The van der Waals surface area contributed by atoms with Gasteiger partial charge in [0.2, 0.25) is 0 Å². The van der Waals surface area contributed by atoms with Gasteiger partial charge in [-0.1, -0.05) is 201 Å². The van der Waals surface area contributed by atoms with Crippen molar-refractivity contribution in [3.63, 3.8) is 0 Å². The first kappa shape index (κ1) is 40.6. The van der Waals surface area contributed by atoms with Crippen LogP contribution in [0.4, 0.5) is 17.1 Å². The molecular weight excluding hydrogens is 831 g/mol. The Morgan fingerprint density at radius 2 is 0.928 bits per heavy atom. The zero-order valence-electron chi connectivity index (χ0n) is 39.2. The molecular formula is C68H55N. The predicted molar refractivity (Wildman–Crippen MR) is 289 cm³/mol. The van der Waals surface area contributed by atoms with Gasteiger partial charge in [0.1, 0.15) is 0 Å². The highest BCUT2D eigenvalue weighted by Gasteiger charge is 2.53. The van der Waals surface area contributed by atoms with Crippen molar-refractivity contribution in [3.8, 4) is 33.4 Å². The normalized spacial score (nSPS) is 20.5. The Balaban J connectivity index is 0.946. The van der Waals surface area contributed by atoms with Gasteiger partial charge >= 0.3 is 0 Å². The molecule has 10 aromatic rings. The summed E-state index contributed by atoms with van der Waals surface area (Å²) in [7, 11) is 0. The van der Waals surface area contributed by atoms with Crippen LogP contribution in [0.5, 0.6) is 0 Å². The van der Waals surface area contributed by atoms with E-state index in [1.54, 1.807) is 0 Å². The predicted octanol–water partition coefficient (Wildman–Crippen LogP) is 18.1. The van der Waals surface area contributed by atoms with E-state index in [9.17, 15) is 0 Å². The maximum absolute atomic E-state index is 2.65. The first-order valence-electron chi connectivity index (χ1n) is 25.5. The second kappa shape index (κ2) is 16.1. The van der Waals surface area contributed by atoms with Gasteiger partial charge in [-0.15, -0.1) is 0 Å². The van der Waals surface area contributed by atoms with E-state index in [0.29, 0.717) is 11.8 Å². The van der Waals surface area contributed by atoms with E-state index in [0.717, 1.165) is 29.1 Å². The van der Waals surface area contributed by atoms with Gasteiger partial charge in [0, 0.05) is 22.7 Å². The van der Waals surface area contributed by atoms with Gasteiger partial charge in [-0.25, -0.2) is 0 Å². The summed E-state index contributed by atoms with van der Waals surface area (Å²) in [6, 6.07) is 85.3. The molecule has 1 spiro atoms. The first-order valence-corrected chi connectivity index (χ1v) is 25.5. The Labute approximate surface area is 406 Å². The molecule has 332 valence electrons. The number of anilines is 3. The van der Waals surface area contributed by atoms with E-state index in [-0.39, 0.29) is 0 Å². The standard InChI is InChI=1S/C68H55N/c1-44-37-45-39-46(38-44)41-52(40-45)67-60-25-8-11-29-64(60)68(62-27-9-6-23-58(62)59-24-7-10-28-63(59)68)65-36-33-51(43-61(65)67)50-19-12-20-54(42-50)69(66-30-14-18-48-16-3-5-22-57(48)66)53-34-31-49(32-35-53)56-26-13-17-47-15-2-4-21-55(47)56/h2-36,42-46,52,67H,37-41H2,1H3/t44?,45-,46+,52?,67?. The zero-order valence-corrected chi connectivity index (χ0v) is 39.2. The molecule has 4 aliphatic rings. The number of hydrogen-bond acceptors (Lipinski definition) is 1. The van der Waals surface area contributed by atoms with E-state index < -0.39 is 5.41 Å². The summed E-state index contributed by atoms with van der Waals surface area (Å²) < 4.78 is 0. The van der Waals surface area contributed by atoms with Crippen LogP contribution in [0.2, 0.25) is 0 Å². The third-order valence-corrected chi connectivity index (χ3v) is 17.0. The average Bonchev–Trinajstić information content (AvgIpc) is 3.69. The van der Waals surface area contributed by atoms with Gasteiger partial charge in [0.05, 0.1) is 11.1 Å². The Morgan fingerprint density at radius 3 is 1.68 bits per heavy atom. The molecule has 0 N–H and O–H groups in total. The van der Waals surface area contributed by atoms with Crippen molar-refractivity contribution in [2.24, 2.45) is 23.7 Å². The lowest BCUT2D eigenvalue weighted by atomic mass is 9.54. The van der Waals surface area contributed by atoms with E-state index in [1.807, 2.05) is 0 Å². The summed E-state index contributed by atoms with van der Waals surface area (Å²) >= 11 is 0. The van der Waals surface area contributed by atoms with Crippen LogP contribution in [0.15, 0.2) is 224 Å². The molecule has 69 heavy (non-hydrogen) atoms. The fraction of sp³-hybridized carbons (Fsp3) is 0.176. The fourth-order valence-electron chi connectivity index (χ4n) is 14.5. The van der Waals surface area contributed by atoms with Gasteiger partial charge in [-0.05, 0) is 169 Å². The molecule has 0 aromatic heterocycles. The van der Waals surface area contributed by atoms with E-state index in [4.69, 9.17) is 0 Å². The van der Waals surface area contributed by atoms with Crippen molar-refractivity contribution in [1.29, 1.82) is 0 Å². The maximum Gasteiger partial charge on any atom is 0.0719 e. The highest BCUT2D eigenvalue weighted by Crippen LogP contribution is 2.64. The number of benzene rings is 10. The monoisotopic (exact) mass is 885 g/mol. The third-order valence-electron chi connectivity index (χ3n) is 17.0. The van der Waals surface area contributed by atoms with Gasteiger partial charge in [0.25, 0.3) is 0 Å². The Morgan fingerprint density at radius 1 is 0.377 bits per heavy atom. The lowest BCUT2D eigenvalue weighted by Gasteiger charge is -2.49. The van der Waals surface area contributed by atoms with E-state index in [1.165, 1.54) is 126 Å². The zero-order chi connectivity index (χ0) is 45.6. The molecule has 2 saturated carbocycles. The fourth-order valence-corrected chi connectivity index (χ4v) is 14.5. The molecule has 14 rings (SSSR count). The van der Waals surface area contributed by atoms with Crippen molar-refractivity contribution in [2.75, 3.05) is 4.90 Å². The molecule has 3 unspecified atom stereocenters.